The first-order valence-electron chi connectivity index (χ1n) is 3.76. The van der Waals surface area contributed by atoms with Gasteiger partial charge in [0.1, 0.15) is 5.02 Å². The van der Waals surface area contributed by atoms with Crippen LogP contribution >= 0.6 is 11.6 Å². The summed E-state index contributed by atoms with van der Waals surface area (Å²) in [5, 5.41) is 10.0. The Kier molecular flexibility index (Phi) is 1.99. The lowest BCUT2D eigenvalue weighted by molar-refractivity contribution is -0.392. The van der Waals surface area contributed by atoms with E-state index in [1.807, 2.05) is 0 Å². The molecule has 1 aromatic rings. The molecule has 74 valence electrons. The number of nitrogens with zero attached hydrogens (tertiary/aromatic N) is 2. The molecule has 0 amide bonds. The highest BCUT2D eigenvalue weighted by molar-refractivity contribution is 6.32. The lowest BCUT2D eigenvalue weighted by atomic mass is 10.3. The van der Waals surface area contributed by atoms with E-state index >= 15 is 0 Å². The number of nitro groups is 1. The van der Waals surface area contributed by atoms with E-state index in [4.69, 9.17) is 16.3 Å². The van der Waals surface area contributed by atoms with E-state index in [0.717, 1.165) is 0 Å². The molecule has 0 fully saturated rings. The molecule has 14 heavy (non-hydrogen) atoms. The average Bonchev–Trinajstić information content (AvgIpc) is 2.58. The van der Waals surface area contributed by atoms with Gasteiger partial charge in [-0.1, -0.05) is 11.6 Å². The van der Waals surface area contributed by atoms with Crippen LogP contribution in [-0.2, 0) is 6.42 Å². The second-order valence-corrected chi connectivity index (χ2v) is 3.07. The minimum Gasteiger partial charge on any atom is -0.487 e. The van der Waals surface area contributed by atoms with Gasteiger partial charge in [-0.2, -0.15) is 4.39 Å². The summed E-state index contributed by atoms with van der Waals surface area (Å²) in [6.07, 6.45) is 0.413. The number of hydrogen-bond acceptors (Lipinski definition) is 4. The third-order valence-corrected chi connectivity index (χ3v) is 2.19. The lowest BCUT2D eigenvalue weighted by Crippen LogP contribution is -1.99. The Morgan fingerprint density at radius 3 is 3.00 bits per heavy atom. The molecule has 0 aliphatic carbocycles. The fourth-order valence-corrected chi connectivity index (χ4v) is 1.49. The minimum atomic E-state index is -1.14. The van der Waals surface area contributed by atoms with Crippen molar-refractivity contribution in [3.8, 4) is 5.75 Å². The van der Waals surface area contributed by atoms with E-state index in [1.165, 1.54) is 0 Å². The number of ether oxygens (including phenoxy) is 1. The van der Waals surface area contributed by atoms with E-state index < -0.39 is 16.6 Å². The Hall–Kier alpha value is -1.43. The van der Waals surface area contributed by atoms with E-state index in [1.54, 1.807) is 0 Å². The predicted octanol–water partition coefficient (Wildman–Crippen LogP) is 1.72. The standard InChI is InChI=1S/C7H4ClFN2O3/c8-4-5(9)7(11(12)13)10-3-1-2-14-6(3)4/h1-2H2. The molecule has 0 spiro atoms. The second kappa shape index (κ2) is 3.06. The van der Waals surface area contributed by atoms with Gasteiger partial charge in [-0.05, 0) is 9.91 Å². The molecule has 0 bridgehead atoms. The summed E-state index contributed by atoms with van der Waals surface area (Å²) in [6.45, 7) is 0.322. The van der Waals surface area contributed by atoms with Crippen LogP contribution in [0.4, 0.5) is 10.2 Å². The van der Waals surface area contributed by atoms with Crippen LogP contribution in [0.5, 0.6) is 5.75 Å². The third kappa shape index (κ3) is 1.19. The van der Waals surface area contributed by atoms with Crippen LogP contribution in [0.2, 0.25) is 5.02 Å². The summed E-state index contributed by atoms with van der Waals surface area (Å²) in [4.78, 5) is 13.0. The molecule has 0 aromatic carbocycles. The van der Waals surface area contributed by atoms with Gasteiger partial charge in [0.25, 0.3) is 0 Å². The summed E-state index contributed by atoms with van der Waals surface area (Å²) < 4.78 is 18.2. The first-order valence-corrected chi connectivity index (χ1v) is 4.14. The Labute approximate surface area is 82.6 Å². The molecule has 7 heteroatoms. The van der Waals surface area contributed by atoms with Crippen molar-refractivity contribution in [2.75, 3.05) is 6.61 Å². The fourth-order valence-electron chi connectivity index (χ4n) is 1.24. The molecule has 0 atom stereocenters. The Bertz CT molecular complexity index is 424. The molecule has 0 saturated heterocycles. The first-order chi connectivity index (χ1) is 6.61. The Balaban J connectivity index is 2.67. The summed E-state index contributed by atoms with van der Waals surface area (Å²) in [5.41, 5.74) is 0.336. The first kappa shape index (κ1) is 9.14. The number of hydrogen-bond donors (Lipinski definition) is 0. The maximum atomic E-state index is 13.2. The van der Waals surface area contributed by atoms with Crippen LogP contribution in [0.25, 0.3) is 0 Å². The van der Waals surface area contributed by atoms with Crippen molar-refractivity contribution in [2.45, 2.75) is 6.42 Å². The maximum Gasteiger partial charge on any atom is 0.401 e. The molecule has 0 unspecified atom stereocenters. The molecule has 1 aliphatic heterocycles. The second-order valence-electron chi connectivity index (χ2n) is 2.69. The summed E-state index contributed by atoms with van der Waals surface area (Å²) in [5.74, 6) is -1.87. The Morgan fingerprint density at radius 2 is 2.36 bits per heavy atom. The molecule has 5 nitrogen and oxygen atoms in total. The highest BCUT2D eigenvalue weighted by Crippen LogP contribution is 2.37. The molecular formula is C7H4ClFN2O3. The van der Waals surface area contributed by atoms with Crippen LogP contribution in [0.1, 0.15) is 5.69 Å². The number of fused-ring (bicyclic) bond motifs is 1. The predicted molar refractivity (Wildman–Crippen MR) is 45.1 cm³/mol. The lowest BCUT2D eigenvalue weighted by Gasteiger charge is -2.00. The van der Waals surface area contributed by atoms with Crippen molar-refractivity contribution >= 4 is 17.4 Å². The molecule has 1 aliphatic rings. The zero-order chi connectivity index (χ0) is 10.3. The summed E-state index contributed by atoms with van der Waals surface area (Å²) in [7, 11) is 0. The summed E-state index contributed by atoms with van der Waals surface area (Å²) in [6, 6.07) is 0. The van der Waals surface area contributed by atoms with E-state index in [-0.39, 0.29) is 10.8 Å². The normalized spacial score (nSPS) is 13.6. The topological polar surface area (TPSA) is 65.3 Å². The highest BCUT2D eigenvalue weighted by Gasteiger charge is 2.31. The van der Waals surface area contributed by atoms with Crippen LogP contribution in [-0.4, -0.2) is 16.5 Å². The number of pyridine rings is 1. The minimum absolute atomic E-state index is 0.120. The van der Waals surface area contributed by atoms with E-state index in [9.17, 15) is 14.5 Å². The molecule has 2 rings (SSSR count). The maximum absolute atomic E-state index is 13.2. The largest absolute Gasteiger partial charge is 0.487 e. The van der Waals surface area contributed by atoms with Gasteiger partial charge < -0.3 is 14.9 Å². The molecule has 1 aromatic heterocycles. The van der Waals surface area contributed by atoms with Crippen LogP contribution in [0.15, 0.2) is 0 Å². The zero-order valence-corrected chi connectivity index (χ0v) is 7.55. The number of aromatic nitrogens is 1. The smallest absolute Gasteiger partial charge is 0.401 e. The van der Waals surface area contributed by atoms with Gasteiger partial charge in [0.15, 0.2) is 11.4 Å². The fraction of sp³-hybridized carbons (Fsp3) is 0.286. The zero-order valence-electron chi connectivity index (χ0n) is 6.79. The van der Waals surface area contributed by atoms with Crippen LogP contribution in [0, 0.1) is 15.9 Å². The SMILES string of the molecule is O=[N+]([O-])c1nc2c(c(Cl)c1F)OCC2. The van der Waals surface area contributed by atoms with Crippen molar-refractivity contribution in [3.63, 3.8) is 0 Å². The van der Waals surface area contributed by atoms with Gasteiger partial charge in [-0.3, -0.25) is 0 Å². The van der Waals surface area contributed by atoms with Gasteiger partial charge in [0, 0.05) is 0 Å². The van der Waals surface area contributed by atoms with E-state index in [0.29, 0.717) is 18.7 Å². The molecule has 0 N–H and O–H groups in total. The quantitative estimate of drug-likeness (QED) is 0.532. The molecule has 0 saturated carbocycles. The van der Waals surface area contributed by atoms with Gasteiger partial charge in [-0.15, -0.1) is 0 Å². The van der Waals surface area contributed by atoms with Gasteiger partial charge in [0.2, 0.25) is 5.82 Å². The molecule has 0 radical (unpaired) electrons. The van der Waals surface area contributed by atoms with Gasteiger partial charge in [-0.25, -0.2) is 0 Å². The van der Waals surface area contributed by atoms with Crippen molar-refractivity contribution < 1.29 is 14.1 Å². The van der Waals surface area contributed by atoms with Crippen LogP contribution < -0.4 is 4.74 Å². The van der Waals surface area contributed by atoms with Crippen molar-refractivity contribution in [1.82, 2.24) is 4.98 Å². The van der Waals surface area contributed by atoms with Crippen molar-refractivity contribution in [3.05, 3.63) is 26.6 Å². The van der Waals surface area contributed by atoms with Gasteiger partial charge >= 0.3 is 5.82 Å². The highest BCUT2D eigenvalue weighted by atomic mass is 35.5. The molecule has 2 heterocycles. The van der Waals surface area contributed by atoms with Crippen LogP contribution in [0.3, 0.4) is 0 Å². The number of halogens is 2. The molecular weight excluding hydrogens is 215 g/mol. The van der Waals surface area contributed by atoms with E-state index in [2.05, 4.69) is 4.98 Å². The van der Waals surface area contributed by atoms with Crippen molar-refractivity contribution in [1.29, 1.82) is 0 Å². The van der Waals surface area contributed by atoms with Crippen molar-refractivity contribution in [2.24, 2.45) is 0 Å². The number of rotatable bonds is 1. The van der Waals surface area contributed by atoms with Gasteiger partial charge in [0.05, 0.1) is 13.0 Å². The monoisotopic (exact) mass is 218 g/mol. The summed E-state index contributed by atoms with van der Waals surface area (Å²) >= 11 is 5.54. The third-order valence-electron chi connectivity index (χ3n) is 1.85. The average molecular weight is 219 g/mol. The Morgan fingerprint density at radius 1 is 1.64 bits per heavy atom.